The summed E-state index contributed by atoms with van der Waals surface area (Å²) in [6, 6.07) is 15.6. The maximum atomic E-state index is 11.7. The lowest BCUT2D eigenvalue weighted by atomic mass is 10.0. The molecule has 0 aliphatic carbocycles. The Morgan fingerprint density at radius 2 is 1.43 bits per heavy atom. The molecular weight excluding hydrogens is 470 g/mol. The number of aromatic nitrogens is 2. The molecule has 0 saturated heterocycles. The van der Waals surface area contributed by atoms with Crippen LogP contribution in [0.4, 0.5) is 5.82 Å². The molecular formula is C29H37N3O5. The van der Waals surface area contributed by atoms with Crippen molar-refractivity contribution in [2.75, 3.05) is 45.9 Å². The summed E-state index contributed by atoms with van der Waals surface area (Å²) in [5.74, 6) is 2.00. The predicted molar refractivity (Wildman–Crippen MR) is 145 cm³/mol. The fraction of sp³-hybridized carbons (Fsp3) is 0.414. The maximum Gasteiger partial charge on any atom is 0.332 e. The van der Waals surface area contributed by atoms with E-state index in [-0.39, 0.29) is 12.6 Å². The highest BCUT2D eigenvalue weighted by molar-refractivity contribution is 5.79. The minimum atomic E-state index is -0.502. The topological polar surface area (TPSA) is 83.0 Å². The number of hydrogen-bond acceptors (Lipinski definition) is 8. The molecule has 1 heterocycles. The first-order valence-corrected chi connectivity index (χ1v) is 12.4. The molecule has 37 heavy (non-hydrogen) atoms. The Morgan fingerprint density at radius 3 is 1.97 bits per heavy atom. The Labute approximate surface area is 219 Å². The number of anilines is 1. The lowest BCUT2D eigenvalue weighted by Crippen LogP contribution is -2.26. The van der Waals surface area contributed by atoms with Gasteiger partial charge in [0.1, 0.15) is 29.5 Å². The molecule has 0 bridgehead atoms. The van der Waals surface area contributed by atoms with Gasteiger partial charge in [0.2, 0.25) is 0 Å². The Bertz CT molecular complexity index is 1140. The number of carbonyl (C=O) groups is 1. The van der Waals surface area contributed by atoms with Crippen LogP contribution < -0.4 is 14.4 Å². The number of nitrogens with zero attached hydrogens (tertiary/aromatic N) is 3. The zero-order valence-electron chi connectivity index (χ0n) is 22.6. The first-order chi connectivity index (χ1) is 17.7. The summed E-state index contributed by atoms with van der Waals surface area (Å²) < 4.78 is 21.3. The second kappa shape index (κ2) is 13.1. The van der Waals surface area contributed by atoms with Gasteiger partial charge in [-0.25, -0.2) is 9.78 Å². The van der Waals surface area contributed by atoms with Gasteiger partial charge in [-0.15, -0.1) is 0 Å². The van der Waals surface area contributed by atoms with Crippen LogP contribution in [0.25, 0.3) is 22.5 Å². The summed E-state index contributed by atoms with van der Waals surface area (Å²) in [7, 11) is 5.29. The van der Waals surface area contributed by atoms with E-state index in [1.807, 2.05) is 76.3 Å². The molecule has 3 aromatic rings. The summed E-state index contributed by atoms with van der Waals surface area (Å²) in [4.78, 5) is 23.6. The summed E-state index contributed by atoms with van der Waals surface area (Å²) in [6.45, 7) is 6.75. The molecule has 0 unspecified atom stereocenters. The number of hydrogen-bond donors (Lipinski definition) is 0. The SMILES string of the molecule is COc1ccc(-c2ncc(N(C)CCCCOCC(=O)OC(C)(C)C)nc2-c2ccc(OC)cc2)cc1. The molecule has 2 aromatic carbocycles. The molecule has 1 aromatic heterocycles. The molecule has 3 rings (SSSR count). The standard InChI is InChI=1S/C29H37N3O5/c1-29(2,3)37-26(33)20-36-18-8-7-17-32(4)25-19-30-27(21-9-13-23(34-5)14-10-21)28(31-25)22-11-15-24(35-6)16-12-22/h9-16,19H,7-8,17-18,20H2,1-6H3. The molecule has 8 heteroatoms. The van der Waals surface area contributed by atoms with Gasteiger partial charge in [-0.3, -0.25) is 4.98 Å². The number of unbranched alkanes of at least 4 members (excludes halogenated alkanes) is 1. The van der Waals surface area contributed by atoms with Gasteiger partial charge < -0.3 is 23.8 Å². The molecule has 0 fully saturated rings. The van der Waals surface area contributed by atoms with Gasteiger partial charge in [0.15, 0.2) is 0 Å². The molecule has 0 amide bonds. The van der Waals surface area contributed by atoms with Crippen LogP contribution in [0.5, 0.6) is 11.5 Å². The molecule has 0 saturated carbocycles. The van der Waals surface area contributed by atoms with E-state index >= 15 is 0 Å². The minimum Gasteiger partial charge on any atom is -0.497 e. The molecule has 0 aliphatic heterocycles. The van der Waals surface area contributed by atoms with Crippen molar-refractivity contribution in [2.24, 2.45) is 0 Å². The Kier molecular flexibility index (Phi) is 9.85. The van der Waals surface area contributed by atoms with Gasteiger partial charge in [0, 0.05) is 31.3 Å². The first-order valence-electron chi connectivity index (χ1n) is 12.4. The second-order valence-corrected chi connectivity index (χ2v) is 9.65. The van der Waals surface area contributed by atoms with Gasteiger partial charge in [-0.1, -0.05) is 0 Å². The summed E-state index contributed by atoms with van der Waals surface area (Å²) >= 11 is 0. The molecule has 198 valence electrons. The highest BCUT2D eigenvalue weighted by atomic mass is 16.6. The van der Waals surface area contributed by atoms with Gasteiger partial charge >= 0.3 is 5.97 Å². The van der Waals surface area contributed by atoms with Gasteiger partial charge in [0.05, 0.1) is 31.8 Å². The molecule has 0 radical (unpaired) electrons. The minimum absolute atomic E-state index is 0.0311. The number of benzene rings is 2. The van der Waals surface area contributed by atoms with Crippen molar-refractivity contribution in [1.82, 2.24) is 9.97 Å². The normalized spacial score (nSPS) is 11.2. The van der Waals surface area contributed by atoms with Crippen LogP contribution in [0.2, 0.25) is 0 Å². The molecule has 0 spiro atoms. The van der Waals surface area contributed by atoms with Gasteiger partial charge in [-0.2, -0.15) is 0 Å². The van der Waals surface area contributed by atoms with Crippen molar-refractivity contribution in [3.05, 3.63) is 54.7 Å². The van der Waals surface area contributed by atoms with Crippen LogP contribution >= 0.6 is 0 Å². The number of carbonyl (C=O) groups excluding carboxylic acids is 1. The highest BCUT2D eigenvalue weighted by Crippen LogP contribution is 2.32. The predicted octanol–water partition coefficient (Wildman–Crippen LogP) is 5.40. The van der Waals surface area contributed by atoms with E-state index in [2.05, 4.69) is 4.90 Å². The summed E-state index contributed by atoms with van der Waals surface area (Å²) in [6.07, 6.45) is 3.49. The monoisotopic (exact) mass is 507 g/mol. The van der Waals surface area contributed by atoms with Crippen LogP contribution in [-0.4, -0.2) is 62.6 Å². The zero-order valence-corrected chi connectivity index (χ0v) is 22.6. The first kappa shape index (κ1) is 27.9. The van der Waals surface area contributed by atoms with E-state index in [0.717, 1.165) is 59.2 Å². The van der Waals surface area contributed by atoms with Crippen LogP contribution in [0.3, 0.4) is 0 Å². The van der Waals surface area contributed by atoms with Crippen molar-refractivity contribution in [2.45, 2.75) is 39.2 Å². The van der Waals surface area contributed by atoms with E-state index in [1.54, 1.807) is 20.4 Å². The highest BCUT2D eigenvalue weighted by Gasteiger charge is 2.17. The van der Waals surface area contributed by atoms with Crippen molar-refractivity contribution in [3.8, 4) is 34.0 Å². The summed E-state index contributed by atoms with van der Waals surface area (Å²) in [5.41, 5.74) is 2.98. The average Bonchev–Trinajstić information content (AvgIpc) is 2.89. The van der Waals surface area contributed by atoms with E-state index in [4.69, 9.17) is 28.9 Å². The van der Waals surface area contributed by atoms with Crippen molar-refractivity contribution < 1.29 is 23.7 Å². The van der Waals surface area contributed by atoms with Gasteiger partial charge in [-0.05, 0) is 82.1 Å². The zero-order chi connectivity index (χ0) is 26.8. The van der Waals surface area contributed by atoms with Gasteiger partial charge in [0.25, 0.3) is 0 Å². The van der Waals surface area contributed by atoms with E-state index in [9.17, 15) is 4.79 Å². The molecule has 0 atom stereocenters. The smallest absolute Gasteiger partial charge is 0.332 e. The van der Waals surface area contributed by atoms with Crippen LogP contribution in [-0.2, 0) is 14.3 Å². The quantitative estimate of drug-likeness (QED) is 0.238. The van der Waals surface area contributed by atoms with Crippen molar-refractivity contribution in [3.63, 3.8) is 0 Å². The van der Waals surface area contributed by atoms with Crippen LogP contribution in [0.1, 0.15) is 33.6 Å². The molecule has 0 N–H and O–H groups in total. The lowest BCUT2D eigenvalue weighted by molar-refractivity contribution is -0.160. The van der Waals surface area contributed by atoms with Crippen LogP contribution in [0.15, 0.2) is 54.7 Å². The maximum absolute atomic E-state index is 11.7. The number of rotatable bonds is 12. The second-order valence-electron chi connectivity index (χ2n) is 9.65. The third-order valence-corrected chi connectivity index (χ3v) is 5.55. The van der Waals surface area contributed by atoms with Crippen molar-refractivity contribution >= 4 is 11.8 Å². The number of esters is 1. The summed E-state index contributed by atoms with van der Waals surface area (Å²) in [5, 5.41) is 0. The molecule has 0 aliphatic rings. The fourth-order valence-corrected chi connectivity index (χ4v) is 3.67. The van der Waals surface area contributed by atoms with Crippen LogP contribution in [0, 0.1) is 0 Å². The lowest BCUT2D eigenvalue weighted by Gasteiger charge is -2.20. The fourth-order valence-electron chi connectivity index (χ4n) is 3.67. The number of methoxy groups -OCH3 is 2. The van der Waals surface area contributed by atoms with E-state index in [1.165, 1.54) is 0 Å². The van der Waals surface area contributed by atoms with Crippen molar-refractivity contribution in [1.29, 1.82) is 0 Å². The largest absolute Gasteiger partial charge is 0.497 e. The Morgan fingerprint density at radius 1 is 0.865 bits per heavy atom. The third-order valence-electron chi connectivity index (χ3n) is 5.55. The third kappa shape index (κ3) is 8.46. The molecule has 8 nitrogen and oxygen atoms in total. The van der Waals surface area contributed by atoms with E-state index in [0.29, 0.717) is 6.61 Å². The average molecular weight is 508 g/mol. The number of ether oxygens (including phenoxy) is 4. The Balaban J connectivity index is 1.67. The Hall–Kier alpha value is -3.65. The van der Waals surface area contributed by atoms with E-state index < -0.39 is 5.60 Å².